The number of nitrogens with one attached hydrogen (secondary N) is 1. The Labute approximate surface area is 128 Å². The molecular formula is C17H28N2O2. The zero-order valence-corrected chi connectivity index (χ0v) is 13.2. The van der Waals surface area contributed by atoms with Crippen LogP contribution in [0.25, 0.3) is 0 Å². The highest BCUT2D eigenvalue weighted by Crippen LogP contribution is 2.11. The van der Waals surface area contributed by atoms with Gasteiger partial charge in [-0.05, 0) is 43.5 Å². The average molecular weight is 292 g/mol. The van der Waals surface area contributed by atoms with E-state index in [2.05, 4.69) is 19.2 Å². The Morgan fingerprint density at radius 1 is 1.33 bits per heavy atom. The lowest BCUT2D eigenvalue weighted by Crippen LogP contribution is -2.22. The molecule has 1 aromatic carbocycles. The summed E-state index contributed by atoms with van der Waals surface area (Å²) in [5, 5.41) is 3.30. The van der Waals surface area contributed by atoms with E-state index in [9.17, 15) is 4.79 Å². The molecular weight excluding hydrogens is 264 g/mol. The lowest BCUT2D eigenvalue weighted by molar-refractivity contribution is 0.0508. The van der Waals surface area contributed by atoms with Crippen molar-refractivity contribution in [1.29, 1.82) is 0 Å². The number of benzene rings is 1. The van der Waals surface area contributed by atoms with Crippen molar-refractivity contribution in [3.05, 3.63) is 29.8 Å². The van der Waals surface area contributed by atoms with Crippen molar-refractivity contribution in [2.75, 3.05) is 25.4 Å². The van der Waals surface area contributed by atoms with E-state index in [0.717, 1.165) is 12.5 Å². The fourth-order valence-electron chi connectivity index (χ4n) is 2.30. The molecule has 3 N–H and O–H groups in total. The maximum absolute atomic E-state index is 11.7. The molecule has 21 heavy (non-hydrogen) atoms. The van der Waals surface area contributed by atoms with Crippen LogP contribution in [0.2, 0.25) is 0 Å². The first-order valence-corrected chi connectivity index (χ1v) is 7.87. The van der Waals surface area contributed by atoms with Gasteiger partial charge in [-0.3, -0.25) is 0 Å². The quantitative estimate of drug-likeness (QED) is 0.395. The zero-order valence-electron chi connectivity index (χ0n) is 13.2. The minimum absolute atomic E-state index is 0.319. The number of esters is 1. The van der Waals surface area contributed by atoms with Gasteiger partial charge in [-0.25, -0.2) is 4.79 Å². The van der Waals surface area contributed by atoms with Gasteiger partial charge in [0.15, 0.2) is 0 Å². The Morgan fingerprint density at radius 3 is 2.86 bits per heavy atom. The molecule has 0 aliphatic carbocycles. The molecule has 1 atom stereocenters. The predicted octanol–water partition coefficient (Wildman–Crippen LogP) is 3.23. The van der Waals surface area contributed by atoms with Crippen LogP contribution in [0.3, 0.4) is 0 Å². The molecule has 0 bridgehead atoms. The summed E-state index contributed by atoms with van der Waals surface area (Å²) in [6, 6.07) is 6.84. The number of rotatable bonds is 10. The Morgan fingerprint density at radius 2 is 2.14 bits per heavy atom. The van der Waals surface area contributed by atoms with Crippen molar-refractivity contribution in [2.24, 2.45) is 5.92 Å². The van der Waals surface area contributed by atoms with Crippen LogP contribution in [0.5, 0.6) is 0 Å². The normalized spacial score (nSPS) is 12.1. The van der Waals surface area contributed by atoms with Crippen LogP contribution in [0.4, 0.5) is 5.69 Å². The van der Waals surface area contributed by atoms with Crippen LogP contribution in [0.15, 0.2) is 24.3 Å². The topological polar surface area (TPSA) is 64.3 Å². The third-order valence-electron chi connectivity index (χ3n) is 3.47. The summed E-state index contributed by atoms with van der Waals surface area (Å²) in [4.78, 5) is 11.7. The molecule has 0 aliphatic rings. The molecule has 0 heterocycles. The number of nitrogen functional groups attached to an aromatic ring is 1. The van der Waals surface area contributed by atoms with Gasteiger partial charge in [0, 0.05) is 12.2 Å². The minimum Gasteiger partial charge on any atom is -0.461 e. The van der Waals surface area contributed by atoms with E-state index in [-0.39, 0.29) is 5.97 Å². The first kappa shape index (κ1) is 17.5. The highest BCUT2D eigenvalue weighted by atomic mass is 16.5. The predicted molar refractivity (Wildman–Crippen MR) is 87.3 cm³/mol. The standard InChI is InChI=1S/C17H28N2O2/c1-3-6-14(2)7-5-10-19-11-12-21-17(20)15-8-4-9-16(18)13-15/h4,8-9,13-14,19H,3,5-7,10-12,18H2,1-2H3/t14-/m1/s1. The highest BCUT2D eigenvalue weighted by Gasteiger charge is 2.06. The molecule has 1 rings (SSSR count). The number of hydrogen-bond donors (Lipinski definition) is 2. The van der Waals surface area contributed by atoms with Crippen molar-refractivity contribution in [1.82, 2.24) is 5.32 Å². The van der Waals surface area contributed by atoms with Crippen LogP contribution >= 0.6 is 0 Å². The van der Waals surface area contributed by atoms with E-state index in [4.69, 9.17) is 10.5 Å². The van der Waals surface area contributed by atoms with Crippen LogP contribution in [-0.2, 0) is 4.74 Å². The molecule has 0 radical (unpaired) electrons. The number of ether oxygens (including phenoxy) is 1. The molecule has 0 aromatic heterocycles. The monoisotopic (exact) mass is 292 g/mol. The van der Waals surface area contributed by atoms with Crippen molar-refractivity contribution >= 4 is 11.7 Å². The SMILES string of the molecule is CCC[C@@H](C)CCCNCCOC(=O)c1cccc(N)c1. The molecule has 0 spiro atoms. The summed E-state index contributed by atoms with van der Waals surface area (Å²) in [7, 11) is 0. The summed E-state index contributed by atoms with van der Waals surface area (Å²) in [5.74, 6) is 0.485. The summed E-state index contributed by atoms with van der Waals surface area (Å²) < 4.78 is 5.19. The molecule has 0 saturated carbocycles. The molecule has 0 saturated heterocycles. The minimum atomic E-state index is -0.319. The van der Waals surface area contributed by atoms with E-state index in [1.54, 1.807) is 24.3 Å². The fraction of sp³-hybridized carbons (Fsp3) is 0.588. The highest BCUT2D eigenvalue weighted by molar-refractivity contribution is 5.90. The molecule has 4 heteroatoms. The molecule has 0 fully saturated rings. The number of carbonyl (C=O) groups is 1. The van der Waals surface area contributed by atoms with Crippen LogP contribution in [0.1, 0.15) is 49.9 Å². The van der Waals surface area contributed by atoms with Gasteiger partial charge in [0.05, 0.1) is 5.56 Å². The zero-order chi connectivity index (χ0) is 15.5. The first-order valence-electron chi connectivity index (χ1n) is 7.87. The van der Waals surface area contributed by atoms with Crippen LogP contribution in [0, 0.1) is 5.92 Å². The smallest absolute Gasteiger partial charge is 0.338 e. The van der Waals surface area contributed by atoms with E-state index in [1.165, 1.54) is 25.7 Å². The van der Waals surface area contributed by atoms with Gasteiger partial charge in [-0.1, -0.05) is 32.8 Å². The van der Waals surface area contributed by atoms with Gasteiger partial charge in [-0.15, -0.1) is 0 Å². The Hall–Kier alpha value is -1.55. The van der Waals surface area contributed by atoms with E-state index < -0.39 is 0 Å². The van der Waals surface area contributed by atoms with Gasteiger partial charge in [0.1, 0.15) is 6.61 Å². The second kappa shape index (κ2) is 10.2. The molecule has 4 nitrogen and oxygen atoms in total. The Balaban J connectivity index is 2.05. The number of carbonyl (C=O) groups excluding carboxylic acids is 1. The van der Waals surface area contributed by atoms with Gasteiger partial charge in [0.2, 0.25) is 0 Å². The Bertz CT molecular complexity index is 421. The number of anilines is 1. The summed E-state index contributed by atoms with van der Waals surface area (Å²) in [6.45, 7) is 6.58. The second-order valence-corrected chi connectivity index (χ2v) is 5.55. The van der Waals surface area contributed by atoms with Crippen molar-refractivity contribution in [2.45, 2.75) is 39.5 Å². The largest absolute Gasteiger partial charge is 0.461 e. The van der Waals surface area contributed by atoms with Gasteiger partial charge in [-0.2, -0.15) is 0 Å². The maximum atomic E-state index is 11.7. The molecule has 0 amide bonds. The van der Waals surface area contributed by atoms with E-state index >= 15 is 0 Å². The molecule has 1 aromatic rings. The van der Waals surface area contributed by atoms with Crippen molar-refractivity contribution in [3.63, 3.8) is 0 Å². The Kier molecular flexibility index (Phi) is 8.51. The van der Waals surface area contributed by atoms with E-state index in [0.29, 0.717) is 24.4 Å². The van der Waals surface area contributed by atoms with Crippen molar-refractivity contribution in [3.8, 4) is 0 Å². The summed E-state index contributed by atoms with van der Waals surface area (Å²) in [6.07, 6.45) is 4.99. The summed E-state index contributed by atoms with van der Waals surface area (Å²) >= 11 is 0. The lowest BCUT2D eigenvalue weighted by Gasteiger charge is -2.10. The number of hydrogen-bond acceptors (Lipinski definition) is 4. The van der Waals surface area contributed by atoms with Crippen molar-refractivity contribution < 1.29 is 9.53 Å². The fourth-order valence-corrected chi connectivity index (χ4v) is 2.30. The third kappa shape index (κ3) is 7.71. The molecule has 0 aliphatic heterocycles. The van der Waals surface area contributed by atoms with Gasteiger partial charge >= 0.3 is 5.97 Å². The third-order valence-corrected chi connectivity index (χ3v) is 3.47. The second-order valence-electron chi connectivity index (χ2n) is 5.55. The lowest BCUT2D eigenvalue weighted by atomic mass is 10.0. The van der Waals surface area contributed by atoms with E-state index in [1.807, 2.05) is 0 Å². The van der Waals surface area contributed by atoms with Crippen LogP contribution < -0.4 is 11.1 Å². The average Bonchev–Trinajstić information content (AvgIpc) is 2.46. The number of nitrogens with two attached hydrogens (primary N) is 1. The molecule has 0 unspecified atom stereocenters. The first-order chi connectivity index (χ1) is 10.1. The molecule has 118 valence electrons. The van der Waals surface area contributed by atoms with Gasteiger partial charge in [0.25, 0.3) is 0 Å². The van der Waals surface area contributed by atoms with Crippen LogP contribution in [-0.4, -0.2) is 25.7 Å². The van der Waals surface area contributed by atoms with Gasteiger partial charge < -0.3 is 15.8 Å². The summed E-state index contributed by atoms with van der Waals surface area (Å²) in [5.41, 5.74) is 6.71. The maximum Gasteiger partial charge on any atom is 0.338 e.